The number of amides is 1. The Morgan fingerprint density at radius 2 is 2.11 bits per heavy atom. The summed E-state index contributed by atoms with van der Waals surface area (Å²) >= 11 is 0. The van der Waals surface area contributed by atoms with Crippen LogP contribution in [-0.2, 0) is 9.53 Å². The summed E-state index contributed by atoms with van der Waals surface area (Å²) in [5.74, 6) is 0.220. The van der Waals surface area contributed by atoms with Crippen molar-refractivity contribution in [3.8, 4) is 0 Å². The molecule has 2 rings (SSSR count). The average Bonchev–Trinajstić information content (AvgIpc) is 2.41. The SMILES string of the molecule is CC1COC(CO)CN1CC(=O)N1CCCCC1C. The van der Waals surface area contributed by atoms with Gasteiger partial charge < -0.3 is 14.7 Å². The van der Waals surface area contributed by atoms with E-state index >= 15 is 0 Å². The minimum absolute atomic E-state index is 0.0253. The Morgan fingerprint density at radius 1 is 1.32 bits per heavy atom. The predicted molar refractivity (Wildman–Crippen MR) is 72.9 cm³/mol. The highest BCUT2D eigenvalue weighted by Crippen LogP contribution is 2.18. The Balaban J connectivity index is 1.89. The normalized spacial score (nSPS) is 33.4. The maximum Gasteiger partial charge on any atom is 0.236 e. The quantitative estimate of drug-likeness (QED) is 0.810. The maximum atomic E-state index is 12.4. The van der Waals surface area contributed by atoms with Crippen molar-refractivity contribution in [2.75, 3.05) is 32.8 Å². The van der Waals surface area contributed by atoms with E-state index in [9.17, 15) is 9.90 Å². The molecule has 0 aliphatic carbocycles. The van der Waals surface area contributed by atoms with Gasteiger partial charge in [0.05, 0.1) is 25.9 Å². The van der Waals surface area contributed by atoms with Gasteiger partial charge in [0.25, 0.3) is 0 Å². The Hall–Kier alpha value is -0.650. The molecule has 2 heterocycles. The van der Waals surface area contributed by atoms with Crippen molar-refractivity contribution in [1.29, 1.82) is 0 Å². The minimum Gasteiger partial charge on any atom is -0.394 e. The number of carbonyl (C=O) groups excluding carboxylic acids is 1. The molecule has 5 nitrogen and oxygen atoms in total. The maximum absolute atomic E-state index is 12.4. The topological polar surface area (TPSA) is 53.0 Å². The molecule has 0 bridgehead atoms. The van der Waals surface area contributed by atoms with Gasteiger partial charge in [-0.1, -0.05) is 0 Å². The molecular formula is C14H26N2O3. The van der Waals surface area contributed by atoms with Crippen LogP contribution in [0, 0.1) is 0 Å². The number of morpholine rings is 1. The second-order valence-corrected chi connectivity index (χ2v) is 5.85. The molecule has 0 radical (unpaired) electrons. The molecule has 0 spiro atoms. The molecule has 3 unspecified atom stereocenters. The Kier molecular flexibility index (Phi) is 5.19. The summed E-state index contributed by atoms with van der Waals surface area (Å²) in [6.07, 6.45) is 3.31. The molecule has 5 heteroatoms. The van der Waals surface area contributed by atoms with Gasteiger partial charge in [0.1, 0.15) is 0 Å². The van der Waals surface area contributed by atoms with E-state index in [2.05, 4.69) is 18.7 Å². The first-order chi connectivity index (χ1) is 9.11. The first kappa shape index (κ1) is 14.8. The third-order valence-corrected chi connectivity index (χ3v) is 4.30. The van der Waals surface area contributed by atoms with Crippen molar-refractivity contribution in [3.63, 3.8) is 0 Å². The molecule has 2 fully saturated rings. The lowest BCUT2D eigenvalue weighted by Gasteiger charge is -2.40. The lowest BCUT2D eigenvalue weighted by molar-refractivity contribution is -0.140. The average molecular weight is 270 g/mol. The van der Waals surface area contributed by atoms with Crippen LogP contribution in [0.1, 0.15) is 33.1 Å². The van der Waals surface area contributed by atoms with Crippen molar-refractivity contribution in [2.45, 2.75) is 51.3 Å². The second kappa shape index (κ2) is 6.68. The van der Waals surface area contributed by atoms with Crippen LogP contribution in [0.3, 0.4) is 0 Å². The second-order valence-electron chi connectivity index (χ2n) is 5.85. The van der Waals surface area contributed by atoms with Crippen molar-refractivity contribution >= 4 is 5.91 Å². The highest BCUT2D eigenvalue weighted by atomic mass is 16.5. The summed E-state index contributed by atoms with van der Waals surface area (Å²) in [5.41, 5.74) is 0. The third-order valence-electron chi connectivity index (χ3n) is 4.30. The van der Waals surface area contributed by atoms with Gasteiger partial charge in [-0.2, -0.15) is 0 Å². The number of hydrogen-bond donors (Lipinski definition) is 1. The first-order valence-electron chi connectivity index (χ1n) is 7.37. The molecule has 2 aliphatic heterocycles. The third kappa shape index (κ3) is 3.68. The summed E-state index contributed by atoms with van der Waals surface area (Å²) in [7, 11) is 0. The van der Waals surface area contributed by atoms with Gasteiger partial charge in [-0.25, -0.2) is 0 Å². The number of rotatable bonds is 3. The Morgan fingerprint density at radius 3 is 2.79 bits per heavy atom. The van der Waals surface area contributed by atoms with E-state index in [4.69, 9.17) is 4.74 Å². The monoisotopic (exact) mass is 270 g/mol. The van der Waals surface area contributed by atoms with Gasteiger partial charge in [0.15, 0.2) is 0 Å². The highest BCUT2D eigenvalue weighted by Gasteiger charge is 2.30. The van der Waals surface area contributed by atoms with Gasteiger partial charge in [-0.15, -0.1) is 0 Å². The molecule has 1 N–H and O–H groups in total. The smallest absolute Gasteiger partial charge is 0.236 e. The van der Waals surface area contributed by atoms with Crippen LogP contribution >= 0.6 is 0 Å². The van der Waals surface area contributed by atoms with Crippen molar-refractivity contribution in [2.24, 2.45) is 0 Å². The molecule has 0 saturated carbocycles. The Bertz CT molecular complexity index is 311. The fraction of sp³-hybridized carbons (Fsp3) is 0.929. The van der Waals surface area contributed by atoms with E-state index in [1.165, 1.54) is 6.42 Å². The number of ether oxygens (including phenoxy) is 1. The summed E-state index contributed by atoms with van der Waals surface area (Å²) in [6, 6.07) is 0.609. The van der Waals surface area contributed by atoms with Crippen LogP contribution in [-0.4, -0.2) is 71.8 Å². The lowest BCUT2D eigenvalue weighted by Crippen LogP contribution is -2.54. The van der Waals surface area contributed by atoms with Gasteiger partial charge in [-0.3, -0.25) is 9.69 Å². The molecule has 3 atom stereocenters. The van der Waals surface area contributed by atoms with Gasteiger partial charge in [0.2, 0.25) is 5.91 Å². The molecule has 0 aromatic carbocycles. The molecule has 110 valence electrons. The van der Waals surface area contributed by atoms with Gasteiger partial charge in [-0.05, 0) is 33.1 Å². The summed E-state index contributed by atoms with van der Waals surface area (Å²) in [5, 5.41) is 9.17. The molecule has 0 aromatic heterocycles. The lowest BCUT2D eigenvalue weighted by atomic mass is 10.0. The predicted octanol–water partition coefficient (Wildman–Crippen LogP) is 0.469. The number of hydrogen-bond acceptors (Lipinski definition) is 4. The largest absolute Gasteiger partial charge is 0.394 e. The van der Waals surface area contributed by atoms with Crippen molar-refractivity contribution < 1.29 is 14.6 Å². The fourth-order valence-corrected chi connectivity index (χ4v) is 2.94. The number of aliphatic hydroxyl groups is 1. The van der Waals surface area contributed by atoms with Crippen LogP contribution < -0.4 is 0 Å². The highest BCUT2D eigenvalue weighted by molar-refractivity contribution is 5.78. The molecule has 1 amide bonds. The van der Waals surface area contributed by atoms with Crippen LogP contribution in [0.5, 0.6) is 0 Å². The fourth-order valence-electron chi connectivity index (χ4n) is 2.94. The van der Waals surface area contributed by atoms with E-state index in [1.807, 2.05) is 4.90 Å². The van der Waals surface area contributed by atoms with Crippen molar-refractivity contribution in [3.05, 3.63) is 0 Å². The molecule has 2 saturated heterocycles. The van der Waals surface area contributed by atoms with Crippen LogP contribution in [0.15, 0.2) is 0 Å². The number of carbonyl (C=O) groups is 1. The number of nitrogens with zero attached hydrogens (tertiary/aromatic N) is 2. The number of aliphatic hydroxyl groups excluding tert-OH is 1. The van der Waals surface area contributed by atoms with E-state index in [1.54, 1.807) is 0 Å². The van der Waals surface area contributed by atoms with Gasteiger partial charge >= 0.3 is 0 Å². The Labute approximate surface area is 115 Å². The molecule has 19 heavy (non-hydrogen) atoms. The van der Waals surface area contributed by atoms with E-state index in [0.29, 0.717) is 25.7 Å². The van der Waals surface area contributed by atoms with Crippen LogP contribution in [0.2, 0.25) is 0 Å². The van der Waals surface area contributed by atoms with E-state index in [-0.39, 0.29) is 24.7 Å². The zero-order chi connectivity index (χ0) is 13.8. The molecular weight excluding hydrogens is 244 g/mol. The van der Waals surface area contributed by atoms with E-state index < -0.39 is 0 Å². The van der Waals surface area contributed by atoms with Crippen LogP contribution in [0.25, 0.3) is 0 Å². The van der Waals surface area contributed by atoms with Gasteiger partial charge in [0, 0.05) is 25.2 Å². The van der Waals surface area contributed by atoms with E-state index in [0.717, 1.165) is 19.4 Å². The summed E-state index contributed by atoms with van der Waals surface area (Å²) < 4.78 is 5.50. The molecule has 2 aliphatic rings. The minimum atomic E-state index is -0.150. The zero-order valence-electron chi connectivity index (χ0n) is 12.0. The van der Waals surface area contributed by atoms with Crippen molar-refractivity contribution in [1.82, 2.24) is 9.80 Å². The van der Waals surface area contributed by atoms with Crippen LogP contribution in [0.4, 0.5) is 0 Å². The molecule has 0 aromatic rings. The number of piperidine rings is 1. The number of likely N-dealkylation sites (tertiary alicyclic amines) is 1. The standard InChI is InChI=1S/C14H26N2O3/c1-11-5-3-4-6-16(11)14(18)8-15-7-13(9-17)19-10-12(15)2/h11-13,17H,3-10H2,1-2H3. The zero-order valence-corrected chi connectivity index (χ0v) is 12.0. The first-order valence-corrected chi connectivity index (χ1v) is 7.37. The summed E-state index contributed by atoms with van der Waals surface area (Å²) in [6.45, 7) is 6.81. The summed E-state index contributed by atoms with van der Waals surface area (Å²) in [4.78, 5) is 16.5.